The Morgan fingerprint density at radius 2 is 2.03 bits per heavy atom. The lowest BCUT2D eigenvalue weighted by atomic mass is 9.89. The molecule has 2 heterocycles. The molecule has 36 heavy (non-hydrogen) atoms. The SMILES string of the molecule is CCOc1cc(Nc2ncc(C(=O)Nc3c(Cl)cccc3Br)c(OC)n2)ccc1C1CCN(C)CC1. The van der Waals surface area contributed by atoms with Gasteiger partial charge in [0.25, 0.3) is 5.91 Å². The van der Waals surface area contributed by atoms with Crippen LogP contribution in [0.5, 0.6) is 11.6 Å². The molecule has 0 bridgehead atoms. The zero-order chi connectivity index (χ0) is 25.7. The van der Waals surface area contributed by atoms with Crippen LogP contribution in [-0.2, 0) is 0 Å². The first kappa shape index (κ1) is 26.2. The minimum absolute atomic E-state index is 0.140. The number of anilines is 3. The summed E-state index contributed by atoms with van der Waals surface area (Å²) in [7, 11) is 3.61. The highest BCUT2D eigenvalue weighted by Gasteiger charge is 2.22. The fourth-order valence-electron chi connectivity index (χ4n) is 4.21. The van der Waals surface area contributed by atoms with Crippen LogP contribution >= 0.6 is 27.5 Å². The second-order valence-electron chi connectivity index (χ2n) is 8.56. The van der Waals surface area contributed by atoms with E-state index in [2.05, 4.69) is 54.5 Å². The molecule has 1 amide bonds. The van der Waals surface area contributed by atoms with E-state index in [0.717, 1.165) is 37.4 Å². The molecule has 3 aromatic rings. The van der Waals surface area contributed by atoms with Crippen LogP contribution in [0.3, 0.4) is 0 Å². The molecule has 1 fully saturated rings. The van der Waals surface area contributed by atoms with Gasteiger partial charge >= 0.3 is 0 Å². The fraction of sp³-hybridized carbons (Fsp3) is 0.346. The van der Waals surface area contributed by atoms with Crippen LogP contribution in [0, 0.1) is 0 Å². The van der Waals surface area contributed by atoms with Crippen LogP contribution in [0.4, 0.5) is 17.3 Å². The fourth-order valence-corrected chi connectivity index (χ4v) is 5.02. The molecule has 1 saturated heterocycles. The third kappa shape index (κ3) is 6.08. The van der Waals surface area contributed by atoms with E-state index in [9.17, 15) is 4.79 Å². The summed E-state index contributed by atoms with van der Waals surface area (Å²) in [6.07, 6.45) is 3.64. The average Bonchev–Trinajstić information content (AvgIpc) is 2.87. The van der Waals surface area contributed by atoms with Crippen molar-refractivity contribution in [3.05, 3.63) is 63.2 Å². The van der Waals surface area contributed by atoms with Crippen molar-refractivity contribution in [3.63, 3.8) is 0 Å². The lowest BCUT2D eigenvalue weighted by Gasteiger charge is -2.30. The Hall–Kier alpha value is -2.88. The van der Waals surface area contributed by atoms with E-state index in [1.807, 2.05) is 19.1 Å². The number of hydrogen-bond donors (Lipinski definition) is 2. The van der Waals surface area contributed by atoms with Crippen molar-refractivity contribution < 1.29 is 14.3 Å². The maximum absolute atomic E-state index is 12.9. The van der Waals surface area contributed by atoms with E-state index in [0.29, 0.717) is 33.7 Å². The summed E-state index contributed by atoms with van der Waals surface area (Å²) in [6, 6.07) is 11.4. The molecule has 0 radical (unpaired) electrons. The van der Waals surface area contributed by atoms with E-state index in [-0.39, 0.29) is 11.4 Å². The van der Waals surface area contributed by atoms with Gasteiger partial charge in [-0.3, -0.25) is 4.79 Å². The molecule has 190 valence electrons. The molecule has 4 rings (SSSR count). The molecule has 1 aliphatic heterocycles. The van der Waals surface area contributed by atoms with Gasteiger partial charge in [-0.05, 0) is 85.5 Å². The largest absolute Gasteiger partial charge is 0.494 e. The van der Waals surface area contributed by atoms with Crippen molar-refractivity contribution in [1.29, 1.82) is 0 Å². The number of carbonyl (C=O) groups excluding carboxylic acids is 1. The lowest BCUT2D eigenvalue weighted by molar-refractivity contribution is 0.102. The molecule has 10 heteroatoms. The lowest BCUT2D eigenvalue weighted by Crippen LogP contribution is -2.29. The third-order valence-corrected chi connectivity index (χ3v) is 7.10. The van der Waals surface area contributed by atoms with Crippen LogP contribution in [-0.4, -0.2) is 54.6 Å². The van der Waals surface area contributed by atoms with Crippen LogP contribution < -0.4 is 20.1 Å². The van der Waals surface area contributed by atoms with Crippen molar-refractivity contribution in [2.75, 3.05) is 44.5 Å². The van der Waals surface area contributed by atoms with E-state index in [1.165, 1.54) is 18.9 Å². The molecule has 0 unspecified atom stereocenters. The zero-order valence-electron chi connectivity index (χ0n) is 20.5. The number of hydrogen-bond acceptors (Lipinski definition) is 7. The number of amides is 1. The van der Waals surface area contributed by atoms with Crippen molar-refractivity contribution >= 4 is 50.8 Å². The average molecular weight is 575 g/mol. The number of carbonyl (C=O) groups is 1. The number of likely N-dealkylation sites (tertiary alicyclic amines) is 1. The van der Waals surface area contributed by atoms with Gasteiger partial charge in [0.05, 0.1) is 24.4 Å². The van der Waals surface area contributed by atoms with Gasteiger partial charge in [-0.2, -0.15) is 4.98 Å². The summed E-state index contributed by atoms with van der Waals surface area (Å²) in [5.74, 6) is 1.35. The molecule has 0 aliphatic carbocycles. The Morgan fingerprint density at radius 3 is 2.72 bits per heavy atom. The molecule has 1 aliphatic rings. The molecule has 1 aromatic heterocycles. The van der Waals surface area contributed by atoms with Crippen LogP contribution in [0.25, 0.3) is 0 Å². The van der Waals surface area contributed by atoms with Gasteiger partial charge in [-0.25, -0.2) is 4.98 Å². The normalized spacial score (nSPS) is 14.4. The first-order chi connectivity index (χ1) is 17.4. The van der Waals surface area contributed by atoms with Crippen molar-refractivity contribution in [2.45, 2.75) is 25.7 Å². The molecule has 2 aromatic carbocycles. The Morgan fingerprint density at radius 1 is 1.25 bits per heavy atom. The number of piperidine rings is 1. The minimum atomic E-state index is -0.437. The quantitative estimate of drug-likeness (QED) is 0.336. The number of halogens is 2. The summed E-state index contributed by atoms with van der Waals surface area (Å²) in [5, 5.41) is 6.39. The maximum atomic E-state index is 12.9. The van der Waals surface area contributed by atoms with Gasteiger partial charge in [0, 0.05) is 22.4 Å². The standard InChI is InChI=1S/C26H29BrClN5O3/c1-4-36-22-14-17(8-9-18(22)16-10-12-33(2)13-11-16)30-26-29-15-19(25(32-26)35-3)24(34)31-23-20(27)6-5-7-21(23)28/h5-9,14-16H,4,10-13H2,1-3H3,(H,31,34)(H,29,30,32). The Balaban J connectivity index is 1.53. The molecule has 0 spiro atoms. The van der Waals surface area contributed by atoms with Crippen molar-refractivity contribution in [1.82, 2.24) is 14.9 Å². The van der Waals surface area contributed by atoms with Gasteiger partial charge in [-0.15, -0.1) is 0 Å². The Kier molecular flexibility index (Phi) is 8.66. The number of rotatable bonds is 8. The Labute approximate surface area is 224 Å². The number of para-hydroxylation sites is 1. The third-order valence-electron chi connectivity index (χ3n) is 6.12. The monoisotopic (exact) mass is 573 g/mol. The minimum Gasteiger partial charge on any atom is -0.494 e. The maximum Gasteiger partial charge on any atom is 0.262 e. The zero-order valence-corrected chi connectivity index (χ0v) is 22.8. The number of aromatic nitrogens is 2. The highest BCUT2D eigenvalue weighted by molar-refractivity contribution is 9.10. The summed E-state index contributed by atoms with van der Waals surface area (Å²) in [6.45, 7) is 4.73. The predicted molar refractivity (Wildman–Crippen MR) is 146 cm³/mol. The highest BCUT2D eigenvalue weighted by atomic mass is 79.9. The number of ether oxygens (including phenoxy) is 2. The number of methoxy groups -OCH3 is 1. The Bertz CT molecular complexity index is 1210. The van der Waals surface area contributed by atoms with Crippen LogP contribution in [0.2, 0.25) is 5.02 Å². The summed E-state index contributed by atoms with van der Waals surface area (Å²) in [4.78, 5) is 24.0. The molecule has 0 atom stereocenters. The number of benzene rings is 2. The highest BCUT2D eigenvalue weighted by Crippen LogP contribution is 2.36. The van der Waals surface area contributed by atoms with Gasteiger partial charge in [-0.1, -0.05) is 23.7 Å². The van der Waals surface area contributed by atoms with Gasteiger partial charge in [0.1, 0.15) is 11.3 Å². The first-order valence-corrected chi connectivity index (χ1v) is 12.9. The van der Waals surface area contributed by atoms with E-state index < -0.39 is 5.91 Å². The van der Waals surface area contributed by atoms with Gasteiger partial charge < -0.3 is 25.0 Å². The van der Waals surface area contributed by atoms with E-state index in [1.54, 1.807) is 18.2 Å². The molecular weight excluding hydrogens is 546 g/mol. The summed E-state index contributed by atoms with van der Waals surface area (Å²) >= 11 is 9.62. The number of nitrogens with zero attached hydrogens (tertiary/aromatic N) is 3. The van der Waals surface area contributed by atoms with Crippen molar-refractivity contribution in [3.8, 4) is 11.6 Å². The summed E-state index contributed by atoms with van der Waals surface area (Å²) < 4.78 is 12.0. The van der Waals surface area contributed by atoms with E-state index in [4.69, 9.17) is 21.1 Å². The first-order valence-electron chi connectivity index (χ1n) is 11.8. The smallest absolute Gasteiger partial charge is 0.262 e. The molecule has 0 saturated carbocycles. The van der Waals surface area contributed by atoms with Crippen LogP contribution in [0.15, 0.2) is 47.1 Å². The van der Waals surface area contributed by atoms with Crippen molar-refractivity contribution in [2.24, 2.45) is 0 Å². The predicted octanol–water partition coefficient (Wildman–Crippen LogP) is 6.10. The molecule has 8 nitrogen and oxygen atoms in total. The molecular formula is C26H29BrClN5O3. The second kappa shape index (κ2) is 11.9. The van der Waals surface area contributed by atoms with Gasteiger partial charge in [0.15, 0.2) is 0 Å². The van der Waals surface area contributed by atoms with E-state index >= 15 is 0 Å². The van der Waals surface area contributed by atoms with Gasteiger partial charge in [0.2, 0.25) is 11.8 Å². The number of nitrogens with one attached hydrogen (secondary N) is 2. The van der Waals surface area contributed by atoms with Crippen LogP contribution in [0.1, 0.15) is 41.6 Å². The summed E-state index contributed by atoms with van der Waals surface area (Å²) in [5.41, 5.74) is 2.66. The second-order valence-corrected chi connectivity index (χ2v) is 9.82. The topological polar surface area (TPSA) is 88.6 Å². The molecule has 2 N–H and O–H groups in total.